The lowest BCUT2D eigenvalue weighted by Gasteiger charge is -2.05. The first-order chi connectivity index (χ1) is 9.78. The third-order valence-electron chi connectivity index (χ3n) is 3.24. The summed E-state index contributed by atoms with van der Waals surface area (Å²) in [5.74, 6) is 0.610. The number of ether oxygens (including phenoxy) is 1. The van der Waals surface area contributed by atoms with Crippen LogP contribution in [0.2, 0.25) is 0 Å². The Morgan fingerprint density at radius 2 is 2.05 bits per heavy atom. The molecule has 0 aliphatic heterocycles. The average Bonchev–Trinajstić information content (AvgIpc) is 2.83. The zero-order valence-electron chi connectivity index (χ0n) is 11.5. The van der Waals surface area contributed by atoms with Crippen LogP contribution in [0.1, 0.15) is 5.69 Å². The molecule has 2 heterocycles. The summed E-state index contributed by atoms with van der Waals surface area (Å²) >= 11 is 0. The van der Waals surface area contributed by atoms with Crippen molar-refractivity contribution in [1.82, 2.24) is 14.8 Å². The molecule has 0 amide bonds. The fourth-order valence-electron chi connectivity index (χ4n) is 2.21. The Hall–Kier alpha value is -2.56. The molecule has 0 bridgehead atoms. The van der Waals surface area contributed by atoms with Crippen LogP contribution in [0.25, 0.3) is 10.9 Å². The third-order valence-corrected chi connectivity index (χ3v) is 3.24. The number of para-hydroxylation sites is 1. The van der Waals surface area contributed by atoms with Gasteiger partial charge >= 0.3 is 0 Å². The van der Waals surface area contributed by atoms with Crippen molar-refractivity contribution in [3.8, 4) is 5.88 Å². The van der Waals surface area contributed by atoms with Gasteiger partial charge in [-0.1, -0.05) is 18.2 Å². The third kappa shape index (κ3) is 2.30. The summed E-state index contributed by atoms with van der Waals surface area (Å²) in [6.07, 6.45) is 1.75. The van der Waals surface area contributed by atoms with Crippen LogP contribution in [-0.2, 0) is 13.6 Å². The van der Waals surface area contributed by atoms with Crippen molar-refractivity contribution in [2.45, 2.75) is 6.54 Å². The molecule has 2 aromatic heterocycles. The van der Waals surface area contributed by atoms with Gasteiger partial charge < -0.3 is 10.1 Å². The molecule has 0 radical (unpaired) electrons. The number of benzene rings is 1. The van der Waals surface area contributed by atoms with E-state index in [1.54, 1.807) is 13.3 Å². The van der Waals surface area contributed by atoms with Gasteiger partial charge in [0.15, 0.2) is 0 Å². The van der Waals surface area contributed by atoms with Gasteiger partial charge in [-0.15, -0.1) is 0 Å². The van der Waals surface area contributed by atoms with Crippen molar-refractivity contribution < 1.29 is 4.74 Å². The van der Waals surface area contributed by atoms with Gasteiger partial charge in [-0.2, -0.15) is 5.10 Å². The molecular formula is C15H16N4O. The van der Waals surface area contributed by atoms with Gasteiger partial charge in [0.25, 0.3) is 0 Å². The Kier molecular flexibility index (Phi) is 3.25. The lowest BCUT2D eigenvalue weighted by molar-refractivity contribution is 0.398. The van der Waals surface area contributed by atoms with Gasteiger partial charge in [0.05, 0.1) is 36.7 Å². The molecule has 20 heavy (non-hydrogen) atoms. The van der Waals surface area contributed by atoms with Gasteiger partial charge in [0.1, 0.15) is 0 Å². The van der Waals surface area contributed by atoms with Gasteiger partial charge in [-0.3, -0.25) is 4.68 Å². The van der Waals surface area contributed by atoms with E-state index in [2.05, 4.69) is 27.5 Å². The first-order valence-electron chi connectivity index (χ1n) is 6.42. The molecule has 0 saturated carbocycles. The molecular weight excluding hydrogens is 252 g/mol. The zero-order valence-corrected chi connectivity index (χ0v) is 11.5. The zero-order chi connectivity index (χ0) is 13.9. The van der Waals surface area contributed by atoms with Crippen molar-refractivity contribution in [3.63, 3.8) is 0 Å². The van der Waals surface area contributed by atoms with Crippen LogP contribution >= 0.6 is 0 Å². The summed E-state index contributed by atoms with van der Waals surface area (Å²) in [6, 6.07) is 12.0. The molecule has 0 atom stereocenters. The number of aryl methyl sites for hydroxylation is 1. The van der Waals surface area contributed by atoms with Crippen LogP contribution in [0.4, 0.5) is 5.69 Å². The molecule has 0 saturated heterocycles. The number of aromatic nitrogens is 3. The number of fused-ring (bicyclic) bond motifs is 1. The second-order valence-corrected chi connectivity index (χ2v) is 4.53. The number of nitrogens with zero attached hydrogens (tertiary/aromatic N) is 3. The van der Waals surface area contributed by atoms with Gasteiger partial charge in [0.2, 0.25) is 5.88 Å². The number of nitrogens with one attached hydrogen (secondary N) is 1. The Morgan fingerprint density at radius 3 is 2.80 bits per heavy atom. The average molecular weight is 268 g/mol. The molecule has 5 nitrogen and oxygen atoms in total. The predicted molar refractivity (Wildman–Crippen MR) is 78.8 cm³/mol. The molecule has 1 aromatic carbocycles. The monoisotopic (exact) mass is 268 g/mol. The number of rotatable bonds is 4. The van der Waals surface area contributed by atoms with Crippen molar-refractivity contribution in [1.29, 1.82) is 0 Å². The Bertz CT molecular complexity index is 718. The van der Waals surface area contributed by atoms with Crippen LogP contribution in [0.3, 0.4) is 0 Å². The van der Waals surface area contributed by atoms with E-state index in [0.29, 0.717) is 12.4 Å². The van der Waals surface area contributed by atoms with Crippen molar-refractivity contribution in [3.05, 3.63) is 48.3 Å². The Morgan fingerprint density at radius 1 is 1.20 bits per heavy atom. The lowest BCUT2D eigenvalue weighted by atomic mass is 10.2. The van der Waals surface area contributed by atoms with Crippen LogP contribution in [0.5, 0.6) is 5.88 Å². The second kappa shape index (κ2) is 5.21. The van der Waals surface area contributed by atoms with E-state index in [0.717, 1.165) is 16.9 Å². The predicted octanol–water partition coefficient (Wildman–Crippen LogP) is 2.59. The summed E-state index contributed by atoms with van der Waals surface area (Å²) < 4.78 is 6.94. The van der Waals surface area contributed by atoms with Crippen LogP contribution in [-0.4, -0.2) is 21.9 Å². The Balaban J connectivity index is 1.79. The number of hydrogen-bond donors (Lipinski definition) is 1. The minimum atomic E-state index is 0.610. The van der Waals surface area contributed by atoms with Crippen LogP contribution in [0, 0.1) is 0 Å². The first kappa shape index (κ1) is 12.5. The molecule has 3 aromatic rings. The number of hydrogen-bond acceptors (Lipinski definition) is 4. The number of anilines is 1. The maximum Gasteiger partial charge on any atom is 0.213 e. The van der Waals surface area contributed by atoms with E-state index in [-0.39, 0.29) is 0 Å². The maximum absolute atomic E-state index is 5.04. The van der Waals surface area contributed by atoms with Crippen molar-refractivity contribution >= 4 is 16.6 Å². The number of methoxy groups -OCH3 is 1. The van der Waals surface area contributed by atoms with Gasteiger partial charge in [-0.25, -0.2) is 4.98 Å². The fourth-order valence-corrected chi connectivity index (χ4v) is 2.21. The highest BCUT2D eigenvalue weighted by molar-refractivity contribution is 5.82. The standard InChI is InChI=1S/C15H16N4O/c1-19-14-6-4-3-5-12(14)13(18-19)10-16-11-7-8-15(20-2)17-9-11/h3-9,16H,10H2,1-2H3. The van der Waals surface area contributed by atoms with E-state index in [1.807, 2.05) is 36.0 Å². The van der Waals surface area contributed by atoms with Crippen LogP contribution < -0.4 is 10.1 Å². The Labute approximate surface area is 117 Å². The summed E-state index contributed by atoms with van der Waals surface area (Å²) in [4.78, 5) is 4.17. The molecule has 5 heteroatoms. The second-order valence-electron chi connectivity index (χ2n) is 4.53. The summed E-state index contributed by atoms with van der Waals surface area (Å²) in [7, 11) is 3.57. The molecule has 0 aliphatic rings. The molecule has 0 aliphatic carbocycles. The normalized spacial score (nSPS) is 10.7. The highest BCUT2D eigenvalue weighted by Gasteiger charge is 2.07. The van der Waals surface area contributed by atoms with E-state index in [9.17, 15) is 0 Å². The SMILES string of the molecule is COc1ccc(NCc2nn(C)c3ccccc23)cn1. The van der Waals surface area contributed by atoms with E-state index in [4.69, 9.17) is 4.74 Å². The summed E-state index contributed by atoms with van der Waals surface area (Å²) in [5.41, 5.74) is 3.11. The maximum atomic E-state index is 5.04. The van der Waals surface area contributed by atoms with E-state index >= 15 is 0 Å². The molecule has 102 valence electrons. The molecule has 0 fully saturated rings. The van der Waals surface area contributed by atoms with Crippen LogP contribution in [0.15, 0.2) is 42.6 Å². The quantitative estimate of drug-likeness (QED) is 0.790. The van der Waals surface area contributed by atoms with Crippen molar-refractivity contribution in [2.75, 3.05) is 12.4 Å². The minimum absolute atomic E-state index is 0.610. The summed E-state index contributed by atoms with van der Waals surface area (Å²) in [6.45, 7) is 0.662. The van der Waals surface area contributed by atoms with Gasteiger partial charge in [0, 0.05) is 18.5 Å². The highest BCUT2D eigenvalue weighted by Crippen LogP contribution is 2.19. The summed E-state index contributed by atoms with van der Waals surface area (Å²) in [5, 5.41) is 9.04. The molecule has 0 spiro atoms. The lowest BCUT2D eigenvalue weighted by Crippen LogP contribution is -2.02. The largest absolute Gasteiger partial charge is 0.481 e. The van der Waals surface area contributed by atoms with Gasteiger partial charge in [-0.05, 0) is 12.1 Å². The van der Waals surface area contributed by atoms with E-state index < -0.39 is 0 Å². The smallest absolute Gasteiger partial charge is 0.213 e. The fraction of sp³-hybridized carbons (Fsp3) is 0.200. The minimum Gasteiger partial charge on any atom is -0.481 e. The topological polar surface area (TPSA) is 52.0 Å². The highest BCUT2D eigenvalue weighted by atomic mass is 16.5. The van der Waals surface area contributed by atoms with E-state index in [1.165, 1.54) is 5.39 Å². The molecule has 0 unspecified atom stereocenters. The van der Waals surface area contributed by atoms with Crippen molar-refractivity contribution in [2.24, 2.45) is 7.05 Å². The molecule has 3 rings (SSSR count). The first-order valence-corrected chi connectivity index (χ1v) is 6.42. The molecule has 1 N–H and O–H groups in total. The number of pyridine rings is 1.